The summed E-state index contributed by atoms with van der Waals surface area (Å²) in [4.78, 5) is 11.4. The molecule has 0 radical (unpaired) electrons. The lowest BCUT2D eigenvalue weighted by molar-refractivity contribution is 0.0921. The lowest BCUT2D eigenvalue weighted by atomic mass is 10.2. The van der Waals surface area contributed by atoms with Crippen molar-refractivity contribution in [1.29, 1.82) is 0 Å². The molecule has 0 unspecified atom stereocenters. The van der Waals surface area contributed by atoms with E-state index in [2.05, 4.69) is 0 Å². The van der Waals surface area contributed by atoms with Gasteiger partial charge in [0.1, 0.15) is 18.1 Å². The van der Waals surface area contributed by atoms with E-state index in [0.29, 0.717) is 22.1 Å². The average Bonchev–Trinajstić information content (AvgIpc) is 2.78. The molecule has 0 saturated carbocycles. The first-order chi connectivity index (χ1) is 9.51. The smallest absolute Gasteiger partial charge is 0.301 e. The fourth-order valence-corrected chi connectivity index (χ4v) is 2.06. The van der Waals surface area contributed by atoms with Crippen molar-refractivity contribution < 1.29 is 13.9 Å². The van der Waals surface area contributed by atoms with Crippen LogP contribution in [0, 0.1) is 13.8 Å². The Morgan fingerprint density at radius 3 is 2.75 bits per heavy atom. The molecule has 0 aliphatic heterocycles. The number of furan rings is 1. The van der Waals surface area contributed by atoms with Crippen molar-refractivity contribution in [1.82, 2.24) is 5.43 Å². The van der Waals surface area contributed by atoms with Crippen LogP contribution in [0.1, 0.15) is 27.4 Å². The third kappa shape index (κ3) is 3.12. The molecular formula is C14H15ClN2O3. The van der Waals surface area contributed by atoms with Crippen LogP contribution in [0.15, 0.2) is 28.7 Å². The number of nitrogens with one attached hydrogen (secondary N) is 1. The number of halogens is 1. The summed E-state index contributed by atoms with van der Waals surface area (Å²) in [5, 5.41) is 0.658. The van der Waals surface area contributed by atoms with Crippen LogP contribution in [-0.4, -0.2) is 5.91 Å². The molecule has 6 heteroatoms. The molecule has 106 valence electrons. The van der Waals surface area contributed by atoms with E-state index >= 15 is 0 Å². The van der Waals surface area contributed by atoms with E-state index in [4.69, 9.17) is 26.6 Å². The van der Waals surface area contributed by atoms with Gasteiger partial charge in [-0.2, -0.15) is 0 Å². The second-order valence-electron chi connectivity index (χ2n) is 4.40. The van der Waals surface area contributed by atoms with E-state index in [1.165, 1.54) is 0 Å². The van der Waals surface area contributed by atoms with Gasteiger partial charge in [0.05, 0.1) is 0 Å². The molecule has 2 rings (SSSR count). The Bertz CT molecular complexity index is 637. The number of nitrogens with two attached hydrogens (primary N) is 1. The van der Waals surface area contributed by atoms with Gasteiger partial charge in [0.2, 0.25) is 0 Å². The molecule has 3 N–H and O–H groups in total. The molecule has 0 fully saturated rings. The third-order valence-corrected chi connectivity index (χ3v) is 3.05. The van der Waals surface area contributed by atoms with Crippen molar-refractivity contribution in [2.24, 2.45) is 5.84 Å². The number of carbonyl (C=O) groups excluding carboxylic acids is 1. The van der Waals surface area contributed by atoms with Gasteiger partial charge in [0, 0.05) is 10.6 Å². The molecule has 1 aromatic carbocycles. The highest BCUT2D eigenvalue weighted by Crippen LogP contribution is 2.23. The Morgan fingerprint density at radius 1 is 1.35 bits per heavy atom. The van der Waals surface area contributed by atoms with Crippen LogP contribution in [0.2, 0.25) is 5.02 Å². The lowest BCUT2D eigenvalue weighted by Crippen LogP contribution is -2.30. The Balaban J connectivity index is 2.09. The standard InChI is InChI=1S/C14H15ClN2O3/c1-8-5-10(15)3-4-12(8)19-7-11-6-9(2)13(20-11)14(18)17-16/h3-6H,7,16H2,1-2H3,(H,17,18). The van der Waals surface area contributed by atoms with Gasteiger partial charge in [-0.25, -0.2) is 5.84 Å². The topological polar surface area (TPSA) is 77.5 Å². The van der Waals surface area contributed by atoms with E-state index in [1.54, 1.807) is 25.1 Å². The highest BCUT2D eigenvalue weighted by atomic mass is 35.5. The quantitative estimate of drug-likeness (QED) is 0.516. The number of benzene rings is 1. The molecule has 20 heavy (non-hydrogen) atoms. The van der Waals surface area contributed by atoms with Crippen molar-refractivity contribution in [3.05, 3.63) is 51.9 Å². The van der Waals surface area contributed by atoms with Crippen LogP contribution in [0.5, 0.6) is 5.75 Å². The maximum atomic E-state index is 11.4. The minimum Gasteiger partial charge on any atom is -0.485 e. The number of hydrogen-bond acceptors (Lipinski definition) is 4. The molecule has 1 heterocycles. The van der Waals surface area contributed by atoms with Crippen molar-refractivity contribution >= 4 is 17.5 Å². The number of amides is 1. The summed E-state index contributed by atoms with van der Waals surface area (Å²) in [6.45, 7) is 3.90. The van der Waals surface area contributed by atoms with Gasteiger partial charge in [-0.05, 0) is 43.7 Å². The zero-order valence-corrected chi connectivity index (χ0v) is 12.0. The minimum absolute atomic E-state index is 0.193. The SMILES string of the molecule is Cc1cc(Cl)ccc1OCc1cc(C)c(C(=O)NN)o1. The average molecular weight is 295 g/mol. The number of carbonyl (C=O) groups is 1. The zero-order valence-electron chi connectivity index (χ0n) is 11.2. The van der Waals surface area contributed by atoms with Gasteiger partial charge in [-0.15, -0.1) is 0 Å². The second-order valence-corrected chi connectivity index (χ2v) is 4.83. The fraction of sp³-hybridized carbons (Fsp3) is 0.214. The molecule has 0 spiro atoms. The minimum atomic E-state index is -0.462. The molecule has 0 saturated heterocycles. The van der Waals surface area contributed by atoms with E-state index in [1.807, 2.05) is 18.4 Å². The normalized spacial score (nSPS) is 10.4. The largest absolute Gasteiger partial charge is 0.485 e. The number of ether oxygens (including phenoxy) is 1. The molecule has 0 bridgehead atoms. The molecule has 0 aliphatic carbocycles. The predicted octanol–water partition coefficient (Wildman–Crippen LogP) is 2.73. The summed E-state index contributed by atoms with van der Waals surface area (Å²) in [7, 11) is 0. The van der Waals surface area contributed by atoms with Gasteiger partial charge >= 0.3 is 5.91 Å². The predicted molar refractivity (Wildman–Crippen MR) is 75.6 cm³/mol. The van der Waals surface area contributed by atoms with E-state index in [0.717, 1.165) is 5.56 Å². The first kappa shape index (κ1) is 14.4. The van der Waals surface area contributed by atoms with Crippen LogP contribution < -0.4 is 16.0 Å². The van der Waals surface area contributed by atoms with Gasteiger partial charge in [0.15, 0.2) is 5.76 Å². The zero-order chi connectivity index (χ0) is 14.7. The summed E-state index contributed by atoms with van der Waals surface area (Å²) >= 11 is 5.88. The van der Waals surface area contributed by atoms with E-state index in [9.17, 15) is 4.79 Å². The van der Waals surface area contributed by atoms with E-state index < -0.39 is 5.91 Å². The molecule has 0 aliphatic rings. The van der Waals surface area contributed by atoms with Crippen molar-refractivity contribution in [2.75, 3.05) is 0 Å². The highest BCUT2D eigenvalue weighted by molar-refractivity contribution is 6.30. The number of hydrazine groups is 1. The summed E-state index contributed by atoms with van der Waals surface area (Å²) in [5.74, 6) is 6.08. The summed E-state index contributed by atoms with van der Waals surface area (Å²) in [5.41, 5.74) is 3.68. The maximum absolute atomic E-state index is 11.4. The Kier molecular flexibility index (Phi) is 4.32. The molecule has 1 amide bonds. The Labute approximate surface area is 121 Å². The summed E-state index contributed by atoms with van der Waals surface area (Å²) < 4.78 is 11.1. The maximum Gasteiger partial charge on any atom is 0.301 e. The number of hydrogen-bond donors (Lipinski definition) is 2. The van der Waals surface area contributed by atoms with Crippen LogP contribution in [0.25, 0.3) is 0 Å². The van der Waals surface area contributed by atoms with Gasteiger partial charge in [-0.1, -0.05) is 11.6 Å². The molecular weight excluding hydrogens is 280 g/mol. The Hall–Kier alpha value is -1.98. The lowest BCUT2D eigenvalue weighted by Gasteiger charge is -2.07. The second kappa shape index (κ2) is 5.98. The van der Waals surface area contributed by atoms with Crippen molar-refractivity contribution in [2.45, 2.75) is 20.5 Å². The molecule has 2 aromatic rings. The fourth-order valence-electron chi connectivity index (χ4n) is 1.83. The first-order valence-corrected chi connectivity index (χ1v) is 6.38. The number of nitrogen functional groups attached to an aromatic ring is 1. The number of rotatable bonds is 4. The van der Waals surface area contributed by atoms with Gasteiger partial charge in [-0.3, -0.25) is 10.2 Å². The van der Waals surface area contributed by atoms with Crippen molar-refractivity contribution in [3.8, 4) is 5.75 Å². The highest BCUT2D eigenvalue weighted by Gasteiger charge is 2.15. The van der Waals surface area contributed by atoms with Crippen LogP contribution in [-0.2, 0) is 6.61 Å². The number of aryl methyl sites for hydroxylation is 2. The third-order valence-electron chi connectivity index (χ3n) is 2.81. The summed E-state index contributed by atoms with van der Waals surface area (Å²) in [6, 6.07) is 7.11. The summed E-state index contributed by atoms with van der Waals surface area (Å²) in [6.07, 6.45) is 0. The van der Waals surface area contributed by atoms with Crippen LogP contribution in [0.3, 0.4) is 0 Å². The van der Waals surface area contributed by atoms with Crippen molar-refractivity contribution in [3.63, 3.8) is 0 Å². The van der Waals surface area contributed by atoms with Crippen LogP contribution in [0.4, 0.5) is 0 Å². The van der Waals surface area contributed by atoms with Gasteiger partial charge < -0.3 is 9.15 Å². The first-order valence-electron chi connectivity index (χ1n) is 6.00. The monoisotopic (exact) mass is 294 g/mol. The Morgan fingerprint density at radius 2 is 2.10 bits per heavy atom. The molecule has 1 aromatic heterocycles. The van der Waals surface area contributed by atoms with E-state index in [-0.39, 0.29) is 12.4 Å². The molecule has 0 atom stereocenters. The van der Waals surface area contributed by atoms with Crippen LogP contribution >= 0.6 is 11.6 Å². The van der Waals surface area contributed by atoms with Gasteiger partial charge in [0.25, 0.3) is 0 Å². The molecule has 5 nitrogen and oxygen atoms in total.